The molecular formula is C21H17FN2S. The van der Waals surface area contributed by atoms with Crippen LogP contribution in [0.3, 0.4) is 0 Å². The number of thioether (sulfide) groups is 1. The normalized spacial score (nSPS) is 11.1. The van der Waals surface area contributed by atoms with Gasteiger partial charge in [-0.15, -0.1) is 11.8 Å². The van der Waals surface area contributed by atoms with Crippen LogP contribution in [-0.4, -0.2) is 9.55 Å². The lowest BCUT2D eigenvalue weighted by Gasteiger charge is -2.10. The van der Waals surface area contributed by atoms with Crippen molar-refractivity contribution in [2.45, 2.75) is 17.2 Å². The molecule has 25 heavy (non-hydrogen) atoms. The van der Waals surface area contributed by atoms with Gasteiger partial charge in [0.15, 0.2) is 0 Å². The van der Waals surface area contributed by atoms with Gasteiger partial charge in [0, 0.05) is 10.5 Å². The minimum Gasteiger partial charge on any atom is -0.323 e. The summed E-state index contributed by atoms with van der Waals surface area (Å²) in [6.07, 6.45) is 0. The first-order chi connectivity index (χ1) is 12.3. The maximum atomic E-state index is 14.1. The number of nitrogens with zero attached hydrogens (tertiary/aromatic N) is 2. The smallest absolute Gasteiger partial charge is 0.128 e. The van der Waals surface area contributed by atoms with Crippen molar-refractivity contribution >= 4 is 22.8 Å². The van der Waals surface area contributed by atoms with Crippen molar-refractivity contribution in [1.29, 1.82) is 0 Å². The number of halogens is 1. The zero-order valence-electron chi connectivity index (χ0n) is 13.6. The minimum atomic E-state index is -0.179. The third-order valence-electron chi connectivity index (χ3n) is 4.13. The Morgan fingerprint density at radius 1 is 0.840 bits per heavy atom. The Hall–Kier alpha value is -2.59. The van der Waals surface area contributed by atoms with Crippen LogP contribution in [0.2, 0.25) is 0 Å². The molecule has 0 fully saturated rings. The van der Waals surface area contributed by atoms with Crippen LogP contribution >= 0.6 is 11.8 Å². The van der Waals surface area contributed by atoms with E-state index in [1.165, 1.54) is 11.0 Å². The average molecular weight is 348 g/mol. The van der Waals surface area contributed by atoms with Crippen molar-refractivity contribution in [2.75, 3.05) is 0 Å². The maximum Gasteiger partial charge on any atom is 0.128 e. The number of para-hydroxylation sites is 2. The molecule has 0 unspecified atom stereocenters. The fourth-order valence-corrected chi connectivity index (χ4v) is 3.74. The summed E-state index contributed by atoms with van der Waals surface area (Å²) in [5.41, 5.74) is 2.66. The molecule has 3 aromatic carbocycles. The first-order valence-electron chi connectivity index (χ1n) is 8.16. The monoisotopic (exact) mass is 348 g/mol. The van der Waals surface area contributed by atoms with E-state index in [-0.39, 0.29) is 5.82 Å². The molecule has 0 aliphatic rings. The Morgan fingerprint density at radius 2 is 1.56 bits per heavy atom. The Bertz CT molecular complexity index is 995. The van der Waals surface area contributed by atoms with E-state index in [0.29, 0.717) is 12.1 Å². The van der Waals surface area contributed by atoms with Crippen LogP contribution in [-0.2, 0) is 12.3 Å². The quantitative estimate of drug-likeness (QED) is 0.442. The molecular weight excluding hydrogens is 331 g/mol. The molecule has 0 saturated carbocycles. The summed E-state index contributed by atoms with van der Waals surface area (Å²) < 4.78 is 16.2. The fourth-order valence-electron chi connectivity index (χ4n) is 2.87. The summed E-state index contributed by atoms with van der Waals surface area (Å²) in [4.78, 5) is 5.97. The summed E-state index contributed by atoms with van der Waals surface area (Å²) in [6.45, 7) is 0.484. The van der Waals surface area contributed by atoms with Gasteiger partial charge in [-0.3, -0.25) is 0 Å². The number of benzene rings is 3. The number of imidazole rings is 1. The van der Waals surface area contributed by atoms with Gasteiger partial charge in [0.1, 0.15) is 11.6 Å². The van der Waals surface area contributed by atoms with Crippen molar-refractivity contribution in [3.63, 3.8) is 0 Å². The van der Waals surface area contributed by atoms with E-state index < -0.39 is 0 Å². The summed E-state index contributed by atoms with van der Waals surface area (Å²) in [5.74, 6) is 1.52. The molecule has 1 aromatic heterocycles. The lowest BCUT2D eigenvalue weighted by atomic mass is 10.2. The summed E-state index contributed by atoms with van der Waals surface area (Å²) >= 11 is 1.74. The molecule has 0 atom stereocenters. The van der Waals surface area contributed by atoms with Gasteiger partial charge in [0.25, 0.3) is 0 Å². The molecule has 4 heteroatoms. The van der Waals surface area contributed by atoms with Gasteiger partial charge in [-0.1, -0.05) is 48.5 Å². The second kappa shape index (κ2) is 7.11. The Kier molecular flexibility index (Phi) is 4.53. The third kappa shape index (κ3) is 3.44. The predicted octanol–water partition coefficient (Wildman–Crippen LogP) is 5.52. The van der Waals surface area contributed by atoms with Gasteiger partial charge in [-0.25, -0.2) is 9.37 Å². The highest BCUT2D eigenvalue weighted by Gasteiger charge is 2.12. The molecule has 4 aromatic rings. The third-order valence-corrected chi connectivity index (χ3v) is 5.14. The topological polar surface area (TPSA) is 17.8 Å². The molecule has 0 radical (unpaired) electrons. The maximum absolute atomic E-state index is 14.1. The molecule has 0 bridgehead atoms. The molecule has 1 heterocycles. The lowest BCUT2D eigenvalue weighted by Crippen LogP contribution is -2.06. The van der Waals surface area contributed by atoms with Crippen LogP contribution in [0.5, 0.6) is 0 Å². The molecule has 0 saturated heterocycles. The largest absolute Gasteiger partial charge is 0.323 e. The van der Waals surface area contributed by atoms with Gasteiger partial charge >= 0.3 is 0 Å². The van der Waals surface area contributed by atoms with E-state index >= 15 is 0 Å². The molecule has 124 valence electrons. The van der Waals surface area contributed by atoms with Crippen molar-refractivity contribution in [3.8, 4) is 0 Å². The number of rotatable bonds is 5. The van der Waals surface area contributed by atoms with Gasteiger partial charge < -0.3 is 4.57 Å². The predicted molar refractivity (Wildman–Crippen MR) is 101 cm³/mol. The summed E-state index contributed by atoms with van der Waals surface area (Å²) in [6, 6.07) is 25.2. The second-order valence-electron chi connectivity index (χ2n) is 5.80. The van der Waals surface area contributed by atoms with Crippen molar-refractivity contribution in [3.05, 3.63) is 96.1 Å². The highest BCUT2D eigenvalue weighted by molar-refractivity contribution is 7.98. The standard InChI is InChI=1S/C21H17FN2S/c22-18-11-5-4-8-16(18)14-24-20-13-7-6-12-19(20)23-21(24)15-25-17-9-2-1-3-10-17/h1-13H,14-15H2. The van der Waals surface area contributed by atoms with Crippen LogP contribution < -0.4 is 0 Å². The highest BCUT2D eigenvalue weighted by atomic mass is 32.2. The van der Waals surface area contributed by atoms with Crippen molar-refractivity contribution in [1.82, 2.24) is 9.55 Å². The van der Waals surface area contributed by atoms with E-state index in [0.717, 1.165) is 22.6 Å². The Labute approximate surface area is 150 Å². The zero-order valence-corrected chi connectivity index (χ0v) is 14.4. The number of aromatic nitrogens is 2. The number of hydrogen-bond acceptors (Lipinski definition) is 2. The molecule has 0 amide bonds. The number of fused-ring (bicyclic) bond motifs is 1. The Balaban J connectivity index is 1.69. The van der Waals surface area contributed by atoms with Crippen LogP contribution in [0.25, 0.3) is 11.0 Å². The van der Waals surface area contributed by atoms with E-state index in [9.17, 15) is 4.39 Å². The van der Waals surface area contributed by atoms with E-state index in [1.807, 2.05) is 54.6 Å². The van der Waals surface area contributed by atoms with Crippen LogP contribution in [0.4, 0.5) is 4.39 Å². The lowest BCUT2D eigenvalue weighted by molar-refractivity contribution is 0.599. The first kappa shape index (κ1) is 15.9. The molecule has 0 N–H and O–H groups in total. The first-order valence-corrected chi connectivity index (χ1v) is 9.15. The molecule has 0 aliphatic heterocycles. The highest BCUT2D eigenvalue weighted by Crippen LogP contribution is 2.26. The SMILES string of the molecule is Fc1ccccc1Cn1c(CSc2ccccc2)nc2ccccc21. The van der Waals surface area contributed by atoms with Crippen LogP contribution in [0.15, 0.2) is 83.8 Å². The average Bonchev–Trinajstić information content (AvgIpc) is 3.00. The zero-order chi connectivity index (χ0) is 17.1. The Morgan fingerprint density at radius 3 is 2.40 bits per heavy atom. The molecule has 4 rings (SSSR count). The van der Waals surface area contributed by atoms with E-state index in [1.54, 1.807) is 17.8 Å². The molecule has 0 spiro atoms. The molecule has 0 aliphatic carbocycles. The van der Waals surface area contributed by atoms with Gasteiger partial charge in [-0.2, -0.15) is 0 Å². The molecule has 2 nitrogen and oxygen atoms in total. The van der Waals surface area contributed by atoms with Crippen LogP contribution in [0.1, 0.15) is 11.4 Å². The second-order valence-corrected chi connectivity index (χ2v) is 6.84. The summed E-state index contributed by atoms with van der Waals surface area (Å²) in [5, 5.41) is 0. The van der Waals surface area contributed by atoms with Crippen molar-refractivity contribution < 1.29 is 4.39 Å². The minimum absolute atomic E-state index is 0.179. The van der Waals surface area contributed by atoms with Crippen molar-refractivity contribution in [2.24, 2.45) is 0 Å². The van der Waals surface area contributed by atoms with Gasteiger partial charge in [-0.05, 0) is 30.3 Å². The van der Waals surface area contributed by atoms with Gasteiger partial charge in [0.05, 0.1) is 23.3 Å². The fraction of sp³-hybridized carbons (Fsp3) is 0.0952. The van der Waals surface area contributed by atoms with E-state index in [4.69, 9.17) is 4.98 Å². The van der Waals surface area contributed by atoms with Crippen LogP contribution in [0, 0.1) is 5.82 Å². The summed E-state index contributed by atoms with van der Waals surface area (Å²) in [7, 11) is 0. The number of hydrogen-bond donors (Lipinski definition) is 0. The van der Waals surface area contributed by atoms with E-state index in [2.05, 4.69) is 16.7 Å². The van der Waals surface area contributed by atoms with Gasteiger partial charge in [0.2, 0.25) is 0 Å².